The van der Waals surface area contributed by atoms with E-state index < -0.39 is 5.97 Å². The topological polar surface area (TPSA) is 68.0 Å². The van der Waals surface area contributed by atoms with Crippen molar-refractivity contribution < 1.29 is 14.3 Å². The molecule has 0 saturated heterocycles. The van der Waals surface area contributed by atoms with Crippen molar-refractivity contribution in [1.82, 2.24) is 15.0 Å². The summed E-state index contributed by atoms with van der Waals surface area (Å²) in [5.74, 6) is -1.46. The lowest BCUT2D eigenvalue weighted by molar-refractivity contribution is 0.0699. The lowest BCUT2D eigenvalue weighted by Gasteiger charge is -2.06. The quantitative estimate of drug-likeness (QED) is 0.777. The molecule has 1 N–H and O–H groups in total. The Kier molecular flexibility index (Phi) is 2.71. The van der Waals surface area contributed by atoms with E-state index in [0.717, 1.165) is 5.56 Å². The number of aromatic nitrogens is 3. The number of halogens is 1. The van der Waals surface area contributed by atoms with Crippen LogP contribution in [0, 0.1) is 12.7 Å². The fraction of sp³-hybridized carbons (Fsp3) is 0.0714. The van der Waals surface area contributed by atoms with Crippen LogP contribution in [-0.4, -0.2) is 26.1 Å². The molecule has 0 amide bonds. The molecule has 3 aromatic rings. The van der Waals surface area contributed by atoms with Gasteiger partial charge in [-0.15, -0.1) is 5.10 Å². The maximum atomic E-state index is 13.4. The van der Waals surface area contributed by atoms with Gasteiger partial charge in [-0.3, -0.25) is 0 Å². The van der Waals surface area contributed by atoms with Crippen LogP contribution in [0.15, 0.2) is 36.4 Å². The zero-order valence-corrected chi connectivity index (χ0v) is 10.5. The Morgan fingerprint density at radius 3 is 2.85 bits per heavy atom. The van der Waals surface area contributed by atoms with Gasteiger partial charge in [0.2, 0.25) is 0 Å². The van der Waals surface area contributed by atoms with Crippen LogP contribution in [0.2, 0.25) is 0 Å². The van der Waals surface area contributed by atoms with E-state index in [0.29, 0.717) is 11.2 Å². The van der Waals surface area contributed by atoms with Crippen LogP contribution in [0.3, 0.4) is 0 Å². The number of nitrogens with zero attached hydrogens (tertiary/aromatic N) is 3. The summed E-state index contributed by atoms with van der Waals surface area (Å²) in [4.78, 5) is 11.1. The number of hydrogen-bond acceptors (Lipinski definition) is 3. The lowest BCUT2D eigenvalue weighted by atomic mass is 10.1. The van der Waals surface area contributed by atoms with Gasteiger partial charge in [-0.05, 0) is 36.8 Å². The molecule has 0 aliphatic carbocycles. The average molecular weight is 271 g/mol. The van der Waals surface area contributed by atoms with Gasteiger partial charge in [-0.25, -0.2) is 13.9 Å². The highest BCUT2D eigenvalue weighted by Gasteiger charge is 2.15. The molecule has 0 aliphatic rings. The van der Waals surface area contributed by atoms with Gasteiger partial charge in [0.1, 0.15) is 11.3 Å². The van der Waals surface area contributed by atoms with Gasteiger partial charge in [0.05, 0.1) is 16.8 Å². The Labute approximate surface area is 113 Å². The van der Waals surface area contributed by atoms with Gasteiger partial charge in [-0.2, -0.15) is 0 Å². The molecule has 0 saturated carbocycles. The van der Waals surface area contributed by atoms with Gasteiger partial charge in [0, 0.05) is 0 Å². The number of carboxylic acids is 1. The number of carbonyl (C=O) groups is 1. The molecule has 0 unspecified atom stereocenters. The van der Waals surface area contributed by atoms with E-state index in [9.17, 15) is 9.18 Å². The zero-order valence-electron chi connectivity index (χ0n) is 10.5. The summed E-state index contributed by atoms with van der Waals surface area (Å²) in [6, 6.07) is 9.12. The summed E-state index contributed by atoms with van der Waals surface area (Å²) < 4.78 is 14.8. The first kappa shape index (κ1) is 12.3. The minimum atomic E-state index is -1.07. The highest BCUT2D eigenvalue weighted by atomic mass is 19.1. The van der Waals surface area contributed by atoms with Crippen molar-refractivity contribution in [2.24, 2.45) is 0 Å². The first-order valence-electron chi connectivity index (χ1n) is 5.92. The molecule has 5 nitrogen and oxygen atoms in total. The fourth-order valence-corrected chi connectivity index (χ4v) is 2.11. The molecule has 2 aromatic carbocycles. The predicted molar refractivity (Wildman–Crippen MR) is 70.5 cm³/mol. The third kappa shape index (κ3) is 1.82. The van der Waals surface area contributed by atoms with Crippen LogP contribution in [0.4, 0.5) is 4.39 Å². The molecule has 1 aromatic heterocycles. The molecule has 100 valence electrons. The van der Waals surface area contributed by atoms with Crippen LogP contribution in [0.25, 0.3) is 16.7 Å². The lowest BCUT2D eigenvalue weighted by Crippen LogP contribution is -2.00. The monoisotopic (exact) mass is 271 g/mol. The molecule has 20 heavy (non-hydrogen) atoms. The van der Waals surface area contributed by atoms with Crippen molar-refractivity contribution in [2.75, 3.05) is 0 Å². The van der Waals surface area contributed by atoms with Gasteiger partial charge in [-0.1, -0.05) is 17.3 Å². The third-order valence-corrected chi connectivity index (χ3v) is 3.11. The molecular weight excluding hydrogens is 261 g/mol. The number of fused-ring (bicyclic) bond motifs is 1. The number of hydrogen-bond donors (Lipinski definition) is 1. The van der Waals surface area contributed by atoms with Crippen molar-refractivity contribution in [3.8, 4) is 5.69 Å². The molecule has 0 bridgehead atoms. The number of aromatic carboxylic acids is 1. The van der Waals surface area contributed by atoms with E-state index in [-0.39, 0.29) is 16.9 Å². The molecule has 6 heteroatoms. The Morgan fingerprint density at radius 2 is 2.10 bits per heavy atom. The minimum absolute atomic E-state index is 0.0720. The molecular formula is C14H10FN3O2. The summed E-state index contributed by atoms with van der Waals surface area (Å²) in [6.45, 7) is 1.82. The van der Waals surface area contributed by atoms with E-state index in [4.69, 9.17) is 5.11 Å². The predicted octanol–water partition coefficient (Wildman–Crippen LogP) is 2.57. The van der Waals surface area contributed by atoms with E-state index in [1.807, 2.05) is 6.92 Å². The smallest absolute Gasteiger partial charge is 0.338 e. The normalized spacial score (nSPS) is 10.9. The first-order valence-corrected chi connectivity index (χ1v) is 5.92. The molecule has 0 atom stereocenters. The first-order chi connectivity index (χ1) is 9.58. The molecule has 3 rings (SSSR count). The Hall–Kier alpha value is -2.76. The Morgan fingerprint density at radius 1 is 1.30 bits per heavy atom. The summed E-state index contributed by atoms with van der Waals surface area (Å²) in [5.41, 5.74) is 2.24. The average Bonchev–Trinajstić information content (AvgIpc) is 2.85. The van der Waals surface area contributed by atoms with Gasteiger partial charge >= 0.3 is 5.97 Å². The second-order valence-electron chi connectivity index (χ2n) is 4.41. The minimum Gasteiger partial charge on any atom is -0.478 e. The molecule has 0 spiro atoms. The van der Waals surface area contributed by atoms with Gasteiger partial charge < -0.3 is 5.11 Å². The second-order valence-corrected chi connectivity index (χ2v) is 4.41. The van der Waals surface area contributed by atoms with Crippen molar-refractivity contribution in [3.63, 3.8) is 0 Å². The largest absolute Gasteiger partial charge is 0.478 e. The molecule has 0 aliphatic heterocycles. The van der Waals surface area contributed by atoms with E-state index in [2.05, 4.69) is 10.3 Å². The van der Waals surface area contributed by atoms with Crippen LogP contribution < -0.4 is 0 Å². The highest BCUT2D eigenvalue weighted by Crippen LogP contribution is 2.22. The van der Waals surface area contributed by atoms with Gasteiger partial charge in [0.15, 0.2) is 0 Å². The van der Waals surface area contributed by atoms with Crippen molar-refractivity contribution in [3.05, 3.63) is 53.3 Å². The molecule has 1 heterocycles. The second kappa shape index (κ2) is 4.41. The summed E-state index contributed by atoms with van der Waals surface area (Å²) in [6.07, 6.45) is 0. The van der Waals surface area contributed by atoms with E-state index >= 15 is 0 Å². The van der Waals surface area contributed by atoms with Crippen molar-refractivity contribution >= 4 is 17.0 Å². The number of carboxylic acid groups (broad SMARTS) is 1. The Bertz CT molecular complexity index is 826. The van der Waals surface area contributed by atoms with Crippen LogP contribution >= 0.6 is 0 Å². The van der Waals surface area contributed by atoms with Gasteiger partial charge in [0.25, 0.3) is 0 Å². The maximum Gasteiger partial charge on any atom is 0.338 e. The van der Waals surface area contributed by atoms with Crippen LogP contribution in [0.1, 0.15) is 15.9 Å². The Balaban J connectivity index is 2.31. The number of aryl methyl sites for hydroxylation is 1. The highest BCUT2D eigenvalue weighted by molar-refractivity contribution is 6.00. The van der Waals surface area contributed by atoms with Crippen molar-refractivity contribution in [2.45, 2.75) is 6.92 Å². The molecule has 0 fully saturated rings. The fourth-order valence-electron chi connectivity index (χ4n) is 2.11. The number of benzene rings is 2. The SMILES string of the molecule is Cc1ccc(F)cc1-n1nnc2c(C(=O)O)cccc21. The zero-order chi connectivity index (χ0) is 14.3. The van der Waals surface area contributed by atoms with Crippen LogP contribution in [-0.2, 0) is 0 Å². The number of rotatable bonds is 2. The van der Waals surface area contributed by atoms with Crippen LogP contribution in [0.5, 0.6) is 0 Å². The summed E-state index contributed by atoms with van der Waals surface area (Å²) in [5, 5.41) is 17.0. The molecule has 0 radical (unpaired) electrons. The summed E-state index contributed by atoms with van der Waals surface area (Å²) >= 11 is 0. The standard InChI is InChI=1S/C14H10FN3O2/c1-8-5-6-9(15)7-12(8)18-11-4-2-3-10(14(19)20)13(11)16-17-18/h2-7H,1H3,(H,19,20). The van der Waals surface area contributed by atoms with Crippen molar-refractivity contribution in [1.29, 1.82) is 0 Å². The maximum absolute atomic E-state index is 13.4. The summed E-state index contributed by atoms with van der Waals surface area (Å²) in [7, 11) is 0. The third-order valence-electron chi connectivity index (χ3n) is 3.11. The van der Waals surface area contributed by atoms with E-state index in [1.165, 1.54) is 22.9 Å². The van der Waals surface area contributed by atoms with E-state index in [1.54, 1.807) is 18.2 Å².